The minimum absolute atomic E-state index is 0.0664. The van der Waals surface area contributed by atoms with Crippen LogP contribution in [0.5, 0.6) is 0 Å². The van der Waals surface area contributed by atoms with Crippen molar-refractivity contribution in [2.24, 2.45) is 5.14 Å². The van der Waals surface area contributed by atoms with E-state index in [0.717, 1.165) is 11.1 Å². The molecule has 2 rings (SSSR count). The van der Waals surface area contributed by atoms with Gasteiger partial charge < -0.3 is 10.6 Å². The zero-order valence-electron chi connectivity index (χ0n) is 14.6. The molecule has 140 valence electrons. The molecule has 26 heavy (non-hydrogen) atoms. The Hall–Kier alpha value is -2.09. The Balaban J connectivity index is 1.86. The van der Waals surface area contributed by atoms with E-state index in [1.165, 1.54) is 12.1 Å². The zero-order valence-corrected chi connectivity index (χ0v) is 16.2. The van der Waals surface area contributed by atoms with Crippen molar-refractivity contribution in [1.29, 1.82) is 0 Å². The van der Waals surface area contributed by atoms with Gasteiger partial charge in [0, 0.05) is 11.6 Å². The van der Waals surface area contributed by atoms with E-state index in [1.54, 1.807) is 24.3 Å². The third kappa shape index (κ3) is 5.72. The highest BCUT2D eigenvalue weighted by atomic mass is 35.5. The molecule has 0 unspecified atom stereocenters. The zero-order chi connectivity index (χ0) is 19.4. The van der Waals surface area contributed by atoms with Gasteiger partial charge in [-0.25, -0.2) is 18.4 Å². The highest BCUT2D eigenvalue weighted by Crippen LogP contribution is 2.21. The third-order valence-electron chi connectivity index (χ3n) is 3.94. The molecule has 0 atom stereocenters. The molecule has 0 heterocycles. The maximum absolute atomic E-state index is 12.1. The normalized spacial score (nSPS) is 11.8. The fourth-order valence-corrected chi connectivity index (χ4v) is 3.07. The van der Waals surface area contributed by atoms with Gasteiger partial charge in [-0.05, 0) is 55.7 Å². The molecule has 0 aromatic heterocycles. The van der Waals surface area contributed by atoms with Gasteiger partial charge in [0.2, 0.25) is 10.0 Å². The second-order valence-electron chi connectivity index (χ2n) is 6.45. The Labute approximate surface area is 158 Å². The summed E-state index contributed by atoms with van der Waals surface area (Å²) < 4.78 is 22.4. The van der Waals surface area contributed by atoms with E-state index in [-0.39, 0.29) is 10.9 Å². The van der Waals surface area contributed by atoms with Gasteiger partial charge in [-0.15, -0.1) is 0 Å². The van der Waals surface area contributed by atoms with Gasteiger partial charge >= 0.3 is 6.03 Å². The summed E-state index contributed by atoms with van der Waals surface area (Å²) in [5, 5.41) is 11.4. The number of nitrogens with one attached hydrogen (secondary N) is 2. The molecule has 0 fully saturated rings. The fourth-order valence-electron chi connectivity index (χ4n) is 2.43. The summed E-state index contributed by atoms with van der Waals surface area (Å²) in [6.07, 6.45) is 0.569. The van der Waals surface area contributed by atoms with Crippen molar-refractivity contribution in [3.05, 3.63) is 64.7 Å². The number of primary sulfonamides is 1. The largest absolute Gasteiger partial charge is 0.338 e. The number of urea groups is 1. The Kier molecular flexibility index (Phi) is 6.28. The van der Waals surface area contributed by atoms with Crippen LogP contribution in [-0.2, 0) is 22.0 Å². The number of nitrogens with two attached hydrogens (primary N) is 1. The first-order valence-corrected chi connectivity index (χ1v) is 9.94. The molecule has 0 aliphatic rings. The van der Waals surface area contributed by atoms with Crippen LogP contribution in [0.15, 0.2) is 53.4 Å². The highest BCUT2D eigenvalue weighted by molar-refractivity contribution is 7.89. The Bertz CT molecular complexity index is 864. The number of hydrogen-bond acceptors (Lipinski definition) is 3. The van der Waals surface area contributed by atoms with Gasteiger partial charge in [0.25, 0.3) is 0 Å². The van der Waals surface area contributed by atoms with Gasteiger partial charge in [-0.3, -0.25) is 0 Å². The van der Waals surface area contributed by atoms with Crippen LogP contribution in [0.2, 0.25) is 5.02 Å². The van der Waals surface area contributed by atoms with Crippen LogP contribution in [-0.4, -0.2) is 21.0 Å². The maximum Gasteiger partial charge on any atom is 0.315 e. The van der Waals surface area contributed by atoms with Crippen molar-refractivity contribution in [1.82, 2.24) is 10.6 Å². The van der Waals surface area contributed by atoms with Crippen molar-refractivity contribution in [3.63, 3.8) is 0 Å². The lowest BCUT2D eigenvalue weighted by atomic mass is 9.94. The van der Waals surface area contributed by atoms with Crippen LogP contribution in [0.4, 0.5) is 4.79 Å². The van der Waals surface area contributed by atoms with Crippen LogP contribution in [0.1, 0.15) is 25.0 Å². The van der Waals surface area contributed by atoms with Crippen LogP contribution >= 0.6 is 11.6 Å². The van der Waals surface area contributed by atoms with Crippen LogP contribution in [0.3, 0.4) is 0 Å². The van der Waals surface area contributed by atoms with Crippen molar-refractivity contribution in [3.8, 4) is 0 Å². The molecule has 0 aliphatic heterocycles. The van der Waals surface area contributed by atoms with Crippen molar-refractivity contribution < 1.29 is 13.2 Å². The Morgan fingerprint density at radius 3 is 2.19 bits per heavy atom. The number of hydrogen-bond donors (Lipinski definition) is 3. The molecule has 0 bridgehead atoms. The van der Waals surface area contributed by atoms with Gasteiger partial charge in [0.1, 0.15) is 0 Å². The minimum atomic E-state index is -3.69. The number of amides is 2. The van der Waals surface area contributed by atoms with Crippen LogP contribution in [0, 0.1) is 0 Å². The molecule has 4 N–H and O–H groups in total. The number of halogens is 1. The molecular formula is C18H22ClN3O3S. The smallest absolute Gasteiger partial charge is 0.315 e. The highest BCUT2D eigenvalue weighted by Gasteiger charge is 2.22. The Morgan fingerprint density at radius 2 is 1.65 bits per heavy atom. The van der Waals surface area contributed by atoms with Crippen LogP contribution in [0.25, 0.3) is 0 Å². The average molecular weight is 396 g/mol. The van der Waals surface area contributed by atoms with E-state index in [2.05, 4.69) is 10.6 Å². The molecule has 2 amide bonds. The van der Waals surface area contributed by atoms with Gasteiger partial charge in [0.05, 0.1) is 10.4 Å². The minimum Gasteiger partial charge on any atom is -0.338 e. The summed E-state index contributed by atoms with van der Waals surface area (Å²) in [6.45, 7) is 4.22. The van der Waals surface area contributed by atoms with Gasteiger partial charge in [-0.2, -0.15) is 0 Å². The lowest BCUT2D eigenvalue weighted by molar-refractivity contribution is 0.230. The molecule has 6 nitrogen and oxygen atoms in total. The lowest BCUT2D eigenvalue weighted by Gasteiger charge is -2.27. The second kappa shape index (κ2) is 8.07. The summed E-state index contributed by atoms with van der Waals surface area (Å²) in [5.41, 5.74) is 1.29. The molecular weight excluding hydrogens is 374 g/mol. The van der Waals surface area contributed by atoms with E-state index >= 15 is 0 Å². The first kappa shape index (κ1) is 20.2. The van der Waals surface area contributed by atoms with Crippen molar-refractivity contribution in [2.45, 2.75) is 30.7 Å². The first-order valence-electron chi connectivity index (χ1n) is 8.02. The SMILES string of the molecule is CC(C)(NC(=O)NCCc1ccc(S(N)(=O)=O)cc1)c1ccc(Cl)cc1. The second-order valence-corrected chi connectivity index (χ2v) is 8.45. The number of rotatable bonds is 6. The Morgan fingerprint density at radius 1 is 1.08 bits per heavy atom. The monoisotopic (exact) mass is 395 g/mol. The first-order chi connectivity index (χ1) is 12.1. The van der Waals surface area contributed by atoms with Crippen molar-refractivity contribution >= 4 is 27.7 Å². The van der Waals surface area contributed by atoms with Gasteiger partial charge in [0.15, 0.2) is 0 Å². The molecule has 0 saturated heterocycles. The quantitative estimate of drug-likeness (QED) is 0.700. The molecule has 8 heteroatoms. The van der Waals surface area contributed by atoms with E-state index in [9.17, 15) is 13.2 Å². The van der Waals surface area contributed by atoms with E-state index < -0.39 is 15.6 Å². The maximum atomic E-state index is 12.1. The fraction of sp³-hybridized carbons (Fsp3) is 0.278. The lowest BCUT2D eigenvalue weighted by Crippen LogP contribution is -2.46. The average Bonchev–Trinajstić information content (AvgIpc) is 2.54. The molecule has 2 aromatic rings. The molecule has 0 spiro atoms. The summed E-state index contributed by atoms with van der Waals surface area (Å²) in [7, 11) is -3.69. The number of carbonyl (C=O) groups is 1. The number of benzene rings is 2. The van der Waals surface area contributed by atoms with Gasteiger partial charge in [-0.1, -0.05) is 35.9 Å². The third-order valence-corrected chi connectivity index (χ3v) is 5.12. The molecule has 2 aromatic carbocycles. The molecule has 0 aliphatic carbocycles. The van der Waals surface area contributed by atoms with E-state index in [1.807, 2.05) is 26.0 Å². The number of sulfonamides is 1. The summed E-state index contributed by atoms with van der Waals surface area (Å²) in [4.78, 5) is 12.2. The molecule has 0 radical (unpaired) electrons. The van der Waals surface area contributed by atoms with E-state index in [4.69, 9.17) is 16.7 Å². The summed E-state index contributed by atoms with van der Waals surface area (Å²) in [6, 6.07) is 13.3. The van der Waals surface area contributed by atoms with E-state index in [0.29, 0.717) is 18.0 Å². The standard InChI is InChI=1S/C18H22ClN3O3S/c1-18(2,14-5-7-15(19)8-6-14)22-17(23)21-12-11-13-3-9-16(10-4-13)26(20,24)25/h3-10H,11-12H2,1-2H3,(H2,20,24,25)(H2,21,22,23). The van der Waals surface area contributed by atoms with Crippen LogP contribution < -0.4 is 15.8 Å². The molecule has 0 saturated carbocycles. The predicted octanol–water partition coefficient (Wildman–Crippen LogP) is 2.76. The number of carbonyl (C=O) groups excluding carboxylic acids is 1. The summed E-state index contributed by atoms with van der Waals surface area (Å²) in [5.74, 6) is 0. The predicted molar refractivity (Wildman–Crippen MR) is 103 cm³/mol. The van der Waals surface area contributed by atoms with Crippen molar-refractivity contribution in [2.75, 3.05) is 6.54 Å². The summed E-state index contributed by atoms with van der Waals surface area (Å²) >= 11 is 5.89. The topological polar surface area (TPSA) is 101 Å².